The van der Waals surface area contributed by atoms with Crippen LogP contribution in [0.3, 0.4) is 0 Å². The van der Waals surface area contributed by atoms with Gasteiger partial charge in [0.25, 0.3) is 0 Å². The summed E-state index contributed by atoms with van der Waals surface area (Å²) in [6, 6.07) is 11.2. The lowest BCUT2D eigenvalue weighted by Crippen LogP contribution is -2.43. The second-order valence-corrected chi connectivity index (χ2v) is 8.47. The van der Waals surface area contributed by atoms with E-state index < -0.39 is 0 Å². The summed E-state index contributed by atoms with van der Waals surface area (Å²) >= 11 is 1.99. The molecule has 0 amide bonds. The van der Waals surface area contributed by atoms with Crippen molar-refractivity contribution < 1.29 is 4.74 Å². The highest BCUT2D eigenvalue weighted by atomic mass is 32.2. The van der Waals surface area contributed by atoms with Crippen LogP contribution >= 0.6 is 11.8 Å². The minimum Gasteiger partial charge on any atom is -0.373 e. The van der Waals surface area contributed by atoms with Crippen LogP contribution in [0.25, 0.3) is 0 Å². The third-order valence-electron chi connectivity index (χ3n) is 5.46. The van der Waals surface area contributed by atoms with Crippen molar-refractivity contribution in [1.82, 2.24) is 10.6 Å². The van der Waals surface area contributed by atoms with Gasteiger partial charge in [0.1, 0.15) is 0 Å². The Labute approximate surface area is 162 Å². The first-order valence-corrected chi connectivity index (χ1v) is 11.3. The SMILES string of the molecule is CCNC(=NCC1CCCOC1c1ccccc1)NC1CCC(SC)C1. The number of nitrogens with one attached hydrogen (secondary N) is 2. The normalized spacial score (nSPS) is 29.5. The summed E-state index contributed by atoms with van der Waals surface area (Å²) in [5.74, 6) is 1.42. The highest BCUT2D eigenvalue weighted by Gasteiger charge is 2.28. The molecule has 0 bridgehead atoms. The Balaban J connectivity index is 1.61. The van der Waals surface area contributed by atoms with Gasteiger partial charge in [-0.25, -0.2) is 0 Å². The van der Waals surface area contributed by atoms with Crippen molar-refractivity contribution in [1.29, 1.82) is 0 Å². The Morgan fingerprint density at radius 1 is 1.23 bits per heavy atom. The van der Waals surface area contributed by atoms with Crippen LogP contribution in [0.1, 0.15) is 50.7 Å². The molecular formula is C21H33N3OS. The highest BCUT2D eigenvalue weighted by Crippen LogP contribution is 2.33. The van der Waals surface area contributed by atoms with Crippen LogP contribution in [0.15, 0.2) is 35.3 Å². The molecule has 1 heterocycles. The number of rotatable bonds is 6. The molecule has 2 N–H and O–H groups in total. The molecule has 4 unspecified atom stereocenters. The minimum atomic E-state index is 0.170. The zero-order chi connectivity index (χ0) is 18.2. The number of guanidine groups is 1. The average molecular weight is 376 g/mol. The van der Waals surface area contributed by atoms with Gasteiger partial charge in [-0.05, 0) is 50.8 Å². The molecule has 1 aromatic carbocycles. The molecule has 2 aliphatic rings. The first kappa shape index (κ1) is 19.6. The molecule has 1 aliphatic heterocycles. The molecule has 5 heteroatoms. The van der Waals surface area contributed by atoms with Crippen LogP contribution in [0, 0.1) is 5.92 Å². The summed E-state index contributed by atoms with van der Waals surface area (Å²) in [7, 11) is 0. The Hall–Kier alpha value is -1.20. The Kier molecular flexibility index (Phi) is 7.69. The first-order chi connectivity index (χ1) is 12.8. The summed E-state index contributed by atoms with van der Waals surface area (Å²) in [5.41, 5.74) is 1.28. The van der Waals surface area contributed by atoms with E-state index in [0.717, 1.165) is 37.3 Å². The van der Waals surface area contributed by atoms with E-state index in [1.807, 2.05) is 11.8 Å². The molecule has 4 nitrogen and oxygen atoms in total. The third-order valence-corrected chi connectivity index (χ3v) is 6.55. The van der Waals surface area contributed by atoms with Gasteiger partial charge in [-0.1, -0.05) is 30.3 Å². The van der Waals surface area contributed by atoms with E-state index in [2.05, 4.69) is 54.1 Å². The Bertz CT molecular complexity index is 566. The smallest absolute Gasteiger partial charge is 0.191 e. The van der Waals surface area contributed by atoms with Gasteiger partial charge in [0.2, 0.25) is 0 Å². The fraction of sp³-hybridized carbons (Fsp3) is 0.667. The van der Waals surface area contributed by atoms with Crippen molar-refractivity contribution in [3.05, 3.63) is 35.9 Å². The fourth-order valence-corrected chi connectivity index (χ4v) is 4.85. The second kappa shape index (κ2) is 10.2. The predicted octanol–water partition coefficient (Wildman–Crippen LogP) is 3.99. The summed E-state index contributed by atoms with van der Waals surface area (Å²) < 4.78 is 6.12. The molecule has 26 heavy (non-hydrogen) atoms. The number of benzene rings is 1. The predicted molar refractivity (Wildman–Crippen MR) is 112 cm³/mol. The topological polar surface area (TPSA) is 45.7 Å². The molecule has 4 atom stereocenters. The van der Waals surface area contributed by atoms with Crippen molar-refractivity contribution >= 4 is 17.7 Å². The van der Waals surface area contributed by atoms with E-state index in [0.29, 0.717) is 12.0 Å². The number of hydrogen-bond donors (Lipinski definition) is 2. The van der Waals surface area contributed by atoms with Gasteiger partial charge < -0.3 is 15.4 Å². The van der Waals surface area contributed by atoms with E-state index in [4.69, 9.17) is 9.73 Å². The van der Waals surface area contributed by atoms with Crippen molar-refractivity contribution in [2.45, 2.75) is 56.4 Å². The van der Waals surface area contributed by atoms with Gasteiger partial charge in [-0.2, -0.15) is 11.8 Å². The first-order valence-electron chi connectivity index (χ1n) is 10.0. The van der Waals surface area contributed by atoms with E-state index in [-0.39, 0.29) is 6.10 Å². The largest absolute Gasteiger partial charge is 0.373 e. The Morgan fingerprint density at radius 3 is 2.81 bits per heavy atom. The van der Waals surface area contributed by atoms with E-state index in [9.17, 15) is 0 Å². The molecule has 1 aliphatic carbocycles. The van der Waals surface area contributed by atoms with Gasteiger partial charge in [0, 0.05) is 36.9 Å². The van der Waals surface area contributed by atoms with Gasteiger partial charge in [-0.3, -0.25) is 4.99 Å². The lowest BCUT2D eigenvalue weighted by atomic mass is 9.89. The maximum absolute atomic E-state index is 6.12. The van der Waals surface area contributed by atoms with E-state index in [1.165, 1.54) is 31.2 Å². The number of aliphatic imine (C=N–C) groups is 1. The van der Waals surface area contributed by atoms with E-state index >= 15 is 0 Å². The second-order valence-electron chi connectivity index (χ2n) is 7.34. The maximum Gasteiger partial charge on any atom is 0.191 e. The molecular weight excluding hydrogens is 342 g/mol. The molecule has 0 radical (unpaired) electrons. The molecule has 2 fully saturated rings. The molecule has 1 aromatic rings. The van der Waals surface area contributed by atoms with Gasteiger partial charge in [-0.15, -0.1) is 0 Å². The lowest BCUT2D eigenvalue weighted by Gasteiger charge is -2.31. The van der Waals surface area contributed by atoms with Crippen LogP contribution in [0.4, 0.5) is 0 Å². The average Bonchev–Trinajstić information content (AvgIpc) is 3.15. The number of nitrogens with zero attached hydrogens (tertiary/aromatic N) is 1. The monoisotopic (exact) mass is 375 g/mol. The fourth-order valence-electron chi connectivity index (χ4n) is 4.05. The summed E-state index contributed by atoms with van der Waals surface area (Å²) in [6.07, 6.45) is 8.50. The summed E-state index contributed by atoms with van der Waals surface area (Å²) in [4.78, 5) is 4.93. The quantitative estimate of drug-likeness (QED) is 0.583. The lowest BCUT2D eigenvalue weighted by molar-refractivity contribution is -0.0250. The minimum absolute atomic E-state index is 0.170. The van der Waals surface area contributed by atoms with Crippen LogP contribution < -0.4 is 10.6 Å². The zero-order valence-corrected chi connectivity index (χ0v) is 16.9. The maximum atomic E-state index is 6.12. The van der Waals surface area contributed by atoms with Gasteiger partial charge >= 0.3 is 0 Å². The number of thioether (sulfide) groups is 1. The van der Waals surface area contributed by atoms with Crippen molar-refractivity contribution in [2.75, 3.05) is 26.0 Å². The molecule has 1 saturated carbocycles. The van der Waals surface area contributed by atoms with Gasteiger partial charge in [0.05, 0.1) is 6.10 Å². The van der Waals surface area contributed by atoms with Crippen molar-refractivity contribution in [2.24, 2.45) is 10.9 Å². The van der Waals surface area contributed by atoms with Crippen molar-refractivity contribution in [3.63, 3.8) is 0 Å². The van der Waals surface area contributed by atoms with Gasteiger partial charge in [0.15, 0.2) is 5.96 Å². The van der Waals surface area contributed by atoms with Crippen LogP contribution in [0.5, 0.6) is 0 Å². The number of hydrogen-bond acceptors (Lipinski definition) is 3. The van der Waals surface area contributed by atoms with Crippen LogP contribution in [0.2, 0.25) is 0 Å². The molecule has 0 spiro atoms. The van der Waals surface area contributed by atoms with Crippen molar-refractivity contribution in [3.8, 4) is 0 Å². The highest BCUT2D eigenvalue weighted by molar-refractivity contribution is 7.99. The number of ether oxygens (including phenoxy) is 1. The zero-order valence-electron chi connectivity index (χ0n) is 16.1. The standard InChI is InChI=1S/C21H33N3OS/c1-3-22-21(24-18-11-12-19(14-18)26-2)23-15-17-10-7-13-25-20(17)16-8-5-4-6-9-16/h4-6,8-9,17-20H,3,7,10-15H2,1-2H3,(H2,22,23,24). The summed E-state index contributed by atoms with van der Waals surface area (Å²) in [6.45, 7) is 4.70. The van der Waals surface area contributed by atoms with Crippen LogP contribution in [-0.2, 0) is 4.74 Å². The molecule has 3 rings (SSSR count). The molecule has 144 valence electrons. The Morgan fingerprint density at radius 2 is 2.08 bits per heavy atom. The molecule has 0 aromatic heterocycles. The summed E-state index contributed by atoms with van der Waals surface area (Å²) in [5, 5.41) is 7.88. The third kappa shape index (κ3) is 5.40. The van der Waals surface area contributed by atoms with Crippen LogP contribution in [-0.4, -0.2) is 43.2 Å². The molecule has 1 saturated heterocycles. The van der Waals surface area contributed by atoms with E-state index in [1.54, 1.807) is 0 Å².